The van der Waals surface area contributed by atoms with Crippen LogP contribution in [0.2, 0.25) is 0 Å². The van der Waals surface area contributed by atoms with Crippen LogP contribution in [-0.4, -0.2) is 12.1 Å². The van der Waals surface area contributed by atoms with Crippen molar-refractivity contribution in [3.63, 3.8) is 0 Å². The molecule has 3 heteroatoms. The number of hydrogen-bond donors (Lipinski definition) is 0. The molecule has 1 fully saturated rings. The number of carbonyl (C=O) groups is 1. The molecule has 16 heavy (non-hydrogen) atoms. The Labute approximate surface area is 94.4 Å². The molecule has 0 amide bonds. The first-order chi connectivity index (χ1) is 7.75. The Kier molecular flexibility index (Phi) is 3.54. The third kappa shape index (κ3) is 2.81. The smallest absolute Gasteiger partial charge is 0.338 e. The second-order valence-electron chi connectivity index (χ2n) is 4.17. The van der Waals surface area contributed by atoms with Crippen LogP contribution in [0, 0.1) is 5.82 Å². The molecule has 86 valence electrons. The molecule has 0 aromatic heterocycles. The lowest BCUT2D eigenvalue weighted by Gasteiger charge is -2.21. The molecule has 1 saturated carbocycles. The SMILES string of the molecule is O=C(OC1CCCCC1)c1ccc(F)cc1. The fraction of sp³-hybridized carbons (Fsp3) is 0.462. The fourth-order valence-electron chi connectivity index (χ4n) is 1.99. The van der Waals surface area contributed by atoms with Gasteiger partial charge in [0.15, 0.2) is 0 Å². The summed E-state index contributed by atoms with van der Waals surface area (Å²) in [4.78, 5) is 11.7. The Morgan fingerprint density at radius 1 is 1.12 bits per heavy atom. The van der Waals surface area contributed by atoms with Crippen LogP contribution >= 0.6 is 0 Å². The molecule has 0 N–H and O–H groups in total. The van der Waals surface area contributed by atoms with Gasteiger partial charge in [0.05, 0.1) is 5.56 Å². The molecule has 0 spiro atoms. The Balaban J connectivity index is 1.94. The van der Waals surface area contributed by atoms with E-state index in [1.165, 1.54) is 30.7 Å². The number of esters is 1. The number of ether oxygens (including phenoxy) is 1. The van der Waals surface area contributed by atoms with Gasteiger partial charge in [-0.05, 0) is 49.9 Å². The van der Waals surface area contributed by atoms with E-state index in [-0.39, 0.29) is 17.9 Å². The lowest BCUT2D eigenvalue weighted by atomic mass is 9.98. The van der Waals surface area contributed by atoms with E-state index in [9.17, 15) is 9.18 Å². The van der Waals surface area contributed by atoms with Gasteiger partial charge in [-0.15, -0.1) is 0 Å². The van der Waals surface area contributed by atoms with Crippen LogP contribution in [0.4, 0.5) is 4.39 Å². The molecule has 2 rings (SSSR count). The third-order valence-corrected chi connectivity index (χ3v) is 2.91. The minimum atomic E-state index is -0.341. The van der Waals surface area contributed by atoms with Crippen LogP contribution in [0.1, 0.15) is 42.5 Å². The molecule has 1 aliphatic carbocycles. The molecule has 1 aromatic carbocycles. The highest BCUT2D eigenvalue weighted by molar-refractivity contribution is 5.89. The van der Waals surface area contributed by atoms with Gasteiger partial charge in [-0.3, -0.25) is 0 Å². The first kappa shape index (κ1) is 11.1. The molecule has 0 atom stereocenters. The number of benzene rings is 1. The summed E-state index contributed by atoms with van der Waals surface area (Å²) < 4.78 is 18.0. The summed E-state index contributed by atoms with van der Waals surface area (Å²) in [7, 11) is 0. The molecule has 0 bridgehead atoms. The van der Waals surface area contributed by atoms with Gasteiger partial charge in [0.1, 0.15) is 11.9 Å². The maximum Gasteiger partial charge on any atom is 0.338 e. The van der Waals surface area contributed by atoms with Crippen LogP contribution in [-0.2, 0) is 4.74 Å². The predicted octanol–water partition coefficient (Wildman–Crippen LogP) is 3.32. The van der Waals surface area contributed by atoms with Crippen molar-refractivity contribution in [1.82, 2.24) is 0 Å². The van der Waals surface area contributed by atoms with Crippen LogP contribution in [0.5, 0.6) is 0 Å². The highest BCUT2D eigenvalue weighted by atomic mass is 19.1. The summed E-state index contributed by atoms with van der Waals surface area (Å²) in [5.41, 5.74) is 0.423. The number of hydrogen-bond acceptors (Lipinski definition) is 2. The van der Waals surface area contributed by atoms with Gasteiger partial charge in [0, 0.05) is 0 Å². The topological polar surface area (TPSA) is 26.3 Å². The Morgan fingerprint density at radius 2 is 1.75 bits per heavy atom. The average Bonchev–Trinajstić information content (AvgIpc) is 2.31. The summed E-state index contributed by atoms with van der Waals surface area (Å²) in [6.07, 6.45) is 5.43. The van der Waals surface area contributed by atoms with E-state index in [4.69, 9.17) is 4.74 Å². The van der Waals surface area contributed by atoms with Gasteiger partial charge in [-0.25, -0.2) is 9.18 Å². The van der Waals surface area contributed by atoms with Gasteiger partial charge in [0.25, 0.3) is 0 Å². The zero-order chi connectivity index (χ0) is 11.4. The first-order valence-electron chi connectivity index (χ1n) is 5.72. The highest BCUT2D eigenvalue weighted by Gasteiger charge is 2.18. The van der Waals surface area contributed by atoms with Gasteiger partial charge in [-0.2, -0.15) is 0 Å². The van der Waals surface area contributed by atoms with E-state index in [1.807, 2.05) is 0 Å². The second-order valence-corrected chi connectivity index (χ2v) is 4.17. The van der Waals surface area contributed by atoms with Crippen molar-refractivity contribution in [1.29, 1.82) is 0 Å². The fourth-order valence-corrected chi connectivity index (χ4v) is 1.99. The molecule has 1 aromatic rings. The van der Waals surface area contributed by atoms with Crippen LogP contribution in [0.3, 0.4) is 0 Å². The predicted molar refractivity (Wildman–Crippen MR) is 58.7 cm³/mol. The van der Waals surface area contributed by atoms with Gasteiger partial charge < -0.3 is 4.74 Å². The van der Waals surface area contributed by atoms with Crippen molar-refractivity contribution >= 4 is 5.97 Å². The van der Waals surface area contributed by atoms with Gasteiger partial charge in [-0.1, -0.05) is 6.42 Å². The molecule has 0 radical (unpaired) electrons. The second kappa shape index (κ2) is 5.10. The van der Waals surface area contributed by atoms with Crippen molar-refractivity contribution in [2.75, 3.05) is 0 Å². The van der Waals surface area contributed by atoms with Crippen LogP contribution in [0.25, 0.3) is 0 Å². The maximum atomic E-state index is 12.7. The van der Waals surface area contributed by atoms with Crippen molar-refractivity contribution in [2.24, 2.45) is 0 Å². The molecular weight excluding hydrogens is 207 g/mol. The lowest BCUT2D eigenvalue weighted by molar-refractivity contribution is 0.0211. The molecule has 0 saturated heterocycles. The summed E-state index contributed by atoms with van der Waals surface area (Å²) >= 11 is 0. The van der Waals surface area contributed by atoms with E-state index < -0.39 is 0 Å². The van der Waals surface area contributed by atoms with E-state index in [0.29, 0.717) is 5.56 Å². The summed E-state index contributed by atoms with van der Waals surface area (Å²) in [6, 6.07) is 5.47. The number of rotatable bonds is 2. The monoisotopic (exact) mass is 222 g/mol. The lowest BCUT2D eigenvalue weighted by Crippen LogP contribution is -2.20. The molecule has 2 nitrogen and oxygen atoms in total. The Bertz CT molecular complexity index is 353. The average molecular weight is 222 g/mol. The number of halogens is 1. The van der Waals surface area contributed by atoms with Crippen molar-refractivity contribution in [3.8, 4) is 0 Å². The molecule has 0 aliphatic heterocycles. The van der Waals surface area contributed by atoms with E-state index in [0.717, 1.165) is 25.7 Å². The standard InChI is InChI=1S/C13H15FO2/c14-11-8-6-10(7-9-11)13(15)16-12-4-2-1-3-5-12/h6-9,12H,1-5H2. The summed E-state index contributed by atoms with van der Waals surface area (Å²) in [5, 5.41) is 0. The van der Waals surface area contributed by atoms with Gasteiger partial charge in [0.2, 0.25) is 0 Å². The quantitative estimate of drug-likeness (QED) is 0.717. The molecule has 1 aliphatic rings. The molecule has 0 heterocycles. The van der Waals surface area contributed by atoms with Crippen LogP contribution in [0.15, 0.2) is 24.3 Å². The molecular formula is C13H15FO2. The zero-order valence-electron chi connectivity index (χ0n) is 9.12. The first-order valence-corrected chi connectivity index (χ1v) is 5.72. The highest BCUT2D eigenvalue weighted by Crippen LogP contribution is 2.21. The summed E-state index contributed by atoms with van der Waals surface area (Å²) in [6.45, 7) is 0. The minimum Gasteiger partial charge on any atom is -0.459 e. The third-order valence-electron chi connectivity index (χ3n) is 2.91. The molecule has 0 unspecified atom stereocenters. The largest absolute Gasteiger partial charge is 0.459 e. The van der Waals surface area contributed by atoms with E-state index >= 15 is 0 Å². The van der Waals surface area contributed by atoms with Crippen molar-refractivity contribution in [2.45, 2.75) is 38.2 Å². The van der Waals surface area contributed by atoms with Crippen molar-refractivity contribution in [3.05, 3.63) is 35.6 Å². The Hall–Kier alpha value is -1.38. The maximum absolute atomic E-state index is 12.7. The summed E-state index contributed by atoms with van der Waals surface area (Å²) in [5.74, 6) is -0.680. The Morgan fingerprint density at radius 3 is 2.38 bits per heavy atom. The van der Waals surface area contributed by atoms with Gasteiger partial charge >= 0.3 is 5.97 Å². The van der Waals surface area contributed by atoms with Crippen molar-refractivity contribution < 1.29 is 13.9 Å². The number of carbonyl (C=O) groups excluding carboxylic acids is 1. The van der Waals surface area contributed by atoms with E-state index in [2.05, 4.69) is 0 Å². The minimum absolute atomic E-state index is 0.0475. The normalized spacial score (nSPS) is 17.1. The van der Waals surface area contributed by atoms with E-state index in [1.54, 1.807) is 0 Å². The zero-order valence-corrected chi connectivity index (χ0v) is 9.12. The van der Waals surface area contributed by atoms with Crippen LogP contribution < -0.4 is 0 Å².